The Kier molecular flexibility index (Phi) is 5.10. The van der Waals surface area contributed by atoms with Crippen molar-refractivity contribution in [2.45, 2.75) is 39.5 Å². The summed E-state index contributed by atoms with van der Waals surface area (Å²) in [6, 6.07) is 11.0. The van der Waals surface area contributed by atoms with Crippen molar-refractivity contribution in [1.29, 1.82) is 0 Å². The first-order chi connectivity index (χ1) is 14.2. The molecule has 4 rings (SSSR count). The molecule has 2 aromatic rings. The van der Waals surface area contributed by atoms with Gasteiger partial charge in [-0.3, -0.25) is 4.79 Å². The number of furan rings is 1. The number of esters is 1. The fourth-order valence-electron chi connectivity index (χ4n) is 4.41. The first-order valence-electron chi connectivity index (χ1n) is 9.89. The lowest BCUT2D eigenvalue weighted by Crippen LogP contribution is -2.38. The minimum absolute atomic E-state index is 0.0170. The van der Waals surface area contributed by atoms with Gasteiger partial charge in [0.1, 0.15) is 11.5 Å². The minimum Gasteiger partial charge on any atom is -0.466 e. The SMILES string of the molecule is COC(=O)C1=C(C)NC2=C(C(=O)CC(C)(C)C2)C1c1ccc(-c2ccccc2Cl)o1. The zero-order valence-electron chi connectivity index (χ0n) is 17.5. The molecule has 1 unspecified atom stereocenters. The Morgan fingerprint density at radius 2 is 1.93 bits per heavy atom. The molecule has 0 saturated carbocycles. The summed E-state index contributed by atoms with van der Waals surface area (Å²) in [5, 5.41) is 3.86. The number of Topliss-reactive ketones (excluding diaryl/α,β-unsaturated/α-hetero) is 1. The van der Waals surface area contributed by atoms with Crippen LogP contribution in [0.4, 0.5) is 0 Å². The molecule has 156 valence electrons. The highest BCUT2D eigenvalue weighted by Crippen LogP contribution is 2.47. The van der Waals surface area contributed by atoms with Crippen molar-refractivity contribution < 1.29 is 18.7 Å². The van der Waals surface area contributed by atoms with Gasteiger partial charge in [-0.2, -0.15) is 0 Å². The van der Waals surface area contributed by atoms with Crippen molar-refractivity contribution in [3.8, 4) is 11.3 Å². The van der Waals surface area contributed by atoms with E-state index < -0.39 is 11.9 Å². The standard InChI is InChI=1S/C24H24ClNO4/c1-13-20(23(28)29-4)22(21-16(26-13)11-24(2,3)12-17(21)27)19-10-9-18(30-19)14-7-5-6-8-15(14)25/h5-10,22,26H,11-12H2,1-4H3. The Morgan fingerprint density at radius 3 is 2.63 bits per heavy atom. The topological polar surface area (TPSA) is 68.5 Å². The molecule has 2 heterocycles. The highest BCUT2D eigenvalue weighted by Gasteiger charge is 2.44. The van der Waals surface area contributed by atoms with Gasteiger partial charge in [-0.1, -0.05) is 37.6 Å². The van der Waals surface area contributed by atoms with E-state index in [1.165, 1.54) is 7.11 Å². The van der Waals surface area contributed by atoms with Crippen molar-refractivity contribution in [2.75, 3.05) is 7.11 Å². The highest BCUT2D eigenvalue weighted by atomic mass is 35.5. The number of dihydropyridines is 1. The van der Waals surface area contributed by atoms with Crippen LogP contribution >= 0.6 is 11.6 Å². The Bertz CT molecular complexity index is 1110. The first-order valence-corrected chi connectivity index (χ1v) is 10.3. The molecule has 5 nitrogen and oxygen atoms in total. The van der Waals surface area contributed by atoms with Crippen LogP contribution in [0.25, 0.3) is 11.3 Å². The molecule has 0 spiro atoms. The number of hydrogen-bond acceptors (Lipinski definition) is 5. The zero-order chi connectivity index (χ0) is 21.6. The lowest BCUT2D eigenvalue weighted by molar-refractivity contribution is -0.136. The Balaban J connectivity index is 1.86. The van der Waals surface area contributed by atoms with E-state index in [-0.39, 0.29) is 11.2 Å². The molecule has 1 N–H and O–H groups in total. The van der Waals surface area contributed by atoms with Crippen LogP contribution in [0, 0.1) is 5.41 Å². The quantitative estimate of drug-likeness (QED) is 0.669. The highest BCUT2D eigenvalue weighted by molar-refractivity contribution is 6.33. The fraction of sp³-hybridized carbons (Fsp3) is 0.333. The number of halogens is 1. The predicted octanol–water partition coefficient (Wildman–Crippen LogP) is 5.38. The van der Waals surface area contributed by atoms with E-state index in [0.29, 0.717) is 46.2 Å². The molecule has 30 heavy (non-hydrogen) atoms. The van der Waals surface area contributed by atoms with Crippen molar-refractivity contribution in [1.82, 2.24) is 5.32 Å². The molecule has 1 aromatic carbocycles. The lowest BCUT2D eigenvalue weighted by Gasteiger charge is -2.38. The molecule has 1 aliphatic heterocycles. The van der Waals surface area contributed by atoms with Crippen LogP contribution in [0.2, 0.25) is 5.02 Å². The van der Waals surface area contributed by atoms with Crippen molar-refractivity contribution in [3.05, 3.63) is 69.7 Å². The number of ketones is 1. The maximum absolute atomic E-state index is 13.2. The average molecular weight is 426 g/mol. The molecule has 0 radical (unpaired) electrons. The van der Waals surface area contributed by atoms with E-state index >= 15 is 0 Å². The molecule has 1 aliphatic carbocycles. The number of ether oxygens (including phenoxy) is 1. The second-order valence-electron chi connectivity index (χ2n) is 8.60. The molecule has 1 aromatic heterocycles. The second-order valence-corrected chi connectivity index (χ2v) is 9.01. The summed E-state index contributed by atoms with van der Waals surface area (Å²) in [5.74, 6) is 0.0234. The molecule has 1 atom stereocenters. The monoisotopic (exact) mass is 425 g/mol. The largest absolute Gasteiger partial charge is 0.466 e. The summed E-state index contributed by atoms with van der Waals surface area (Å²) in [6.45, 7) is 5.97. The number of rotatable bonds is 3. The van der Waals surface area contributed by atoms with E-state index in [1.807, 2.05) is 37.3 Å². The average Bonchev–Trinajstić information content (AvgIpc) is 3.15. The van der Waals surface area contributed by atoms with Gasteiger partial charge in [-0.25, -0.2) is 4.79 Å². The minimum atomic E-state index is -0.617. The van der Waals surface area contributed by atoms with Crippen LogP contribution < -0.4 is 5.32 Å². The summed E-state index contributed by atoms with van der Waals surface area (Å²) >= 11 is 6.33. The Labute approximate surface area is 180 Å². The second kappa shape index (κ2) is 7.47. The fourth-order valence-corrected chi connectivity index (χ4v) is 4.64. The van der Waals surface area contributed by atoms with Gasteiger partial charge in [-0.05, 0) is 43.0 Å². The third kappa shape index (κ3) is 3.47. The van der Waals surface area contributed by atoms with Crippen LogP contribution in [-0.2, 0) is 14.3 Å². The predicted molar refractivity (Wildman–Crippen MR) is 115 cm³/mol. The molecule has 0 bridgehead atoms. The van der Waals surface area contributed by atoms with E-state index in [1.54, 1.807) is 6.07 Å². The Hall–Kier alpha value is -2.79. The van der Waals surface area contributed by atoms with Gasteiger partial charge in [0.2, 0.25) is 0 Å². The van der Waals surface area contributed by atoms with Gasteiger partial charge in [0.15, 0.2) is 5.78 Å². The van der Waals surface area contributed by atoms with E-state index in [0.717, 1.165) is 11.3 Å². The van der Waals surface area contributed by atoms with E-state index in [9.17, 15) is 9.59 Å². The van der Waals surface area contributed by atoms with Crippen molar-refractivity contribution >= 4 is 23.4 Å². The molecule has 0 amide bonds. The molecule has 0 fully saturated rings. The number of allylic oxidation sites excluding steroid dienone is 3. The smallest absolute Gasteiger partial charge is 0.336 e. The number of nitrogens with one attached hydrogen (secondary N) is 1. The van der Waals surface area contributed by atoms with Crippen molar-refractivity contribution in [3.63, 3.8) is 0 Å². The number of carbonyl (C=O) groups excluding carboxylic acids is 2. The van der Waals surface area contributed by atoms with Crippen LogP contribution in [0.5, 0.6) is 0 Å². The molecule has 2 aliphatic rings. The lowest BCUT2D eigenvalue weighted by atomic mass is 9.69. The summed E-state index contributed by atoms with van der Waals surface area (Å²) in [7, 11) is 1.34. The number of hydrogen-bond donors (Lipinski definition) is 1. The van der Waals surface area contributed by atoms with Gasteiger partial charge in [0.25, 0.3) is 0 Å². The van der Waals surface area contributed by atoms with Gasteiger partial charge in [-0.15, -0.1) is 0 Å². The summed E-state index contributed by atoms with van der Waals surface area (Å²) in [5.41, 5.74) is 3.10. The summed E-state index contributed by atoms with van der Waals surface area (Å²) in [4.78, 5) is 25.9. The summed E-state index contributed by atoms with van der Waals surface area (Å²) < 4.78 is 11.2. The molecule has 0 saturated heterocycles. The van der Waals surface area contributed by atoms with Gasteiger partial charge in [0.05, 0.1) is 23.6 Å². The first kappa shape index (κ1) is 20.5. The van der Waals surface area contributed by atoms with Crippen LogP contribution in [-0.4, -0.2) is 18.9 Å². The van der Waals surface area contributed by atoms with Gasteiger partial charge in [0, 0.05) is 29.0 Å². The Morgan fingerprint density at radius 1 is 1.20 bits per heavy atom. The normalized spacial score (nSPS) is 20.7. The molecule has 6 heteroatoms. The van der Waals surface area contributed by atoms with Gasteiger partial charge < -0.3 is 14.5 Å². The molecular formula is C24H24ClNO4. The molecular weight excluding hydrogens is 402 g/mol. The van der Waals surface area contributed by atoms with Crippen LogP contribution in [0.1, 0.15) is 45.3 Å². The maximum Gasteiger partial charge on any atom is 0.336 e. The third-order valence-corrected chi connectivity index (χ3v) is 6.03. The maximum atomic E-state index is 13.2. The number of methoxy groups -OCH3 is 1. The third-order valence-electron chi connectivity index (χ3n) is 5.70. The van der Waals surface area contributed by atoms with Gasteiger partial charge >= 0.3 is 5.97 Å². The van der Waals surface area contributed by atoms with E-state index in [4.69, 9.17) is 20.8 Å². The van der Waals surface area contributed by atoms with Crippen molar-refractivity contribution in [2.24, 2.45) is 5.41 Å². The van der Waals surface area contributed by atoms with E-state index in [2.05, 4.69) is 19.2 Å². The number of benzene rings is 1. The van der Waals surface area contributed by atoms with Crippen LogP contribution in [0.3, 0.4) is 0 Å². The summed E-state index contributed by atoms with van der Waals surface area (Å²) in [6.07, 6.45) is 1.13. The number of carbonyl (C=O) groups is 2. The zero-order valence-corrected chi connectivity index (χ0v) is 18.2. The van der Waals surface area contributed by atoms with Crippen LogP contribution in [0.15, 0.2) is 63.4 Å².